The molecule has 0 aliphatic heterocycles. The molecule has 1 heterocycles. The third-order valence-electron chi connectivity index (χ3n) is 4.96. The lowest BCUT2D eigenvalue weighted by atomic mass is 10.2. The number of para-hydroxylation sites is 1. The number of anilines is 1. The van der Waals surface area contributed by atoms with Gasteiger partial charge in [0.25, 0.3) is 5.91 Å². The van der Waals surface area contributed by atoms with Crippen molar-refractivity contribution in [3.63, 3.8) is 0 Å². The number of nitrogens with zero attached hydrogens (tertiary/aromatic N) is 2. The third kappa shape index (κ3) is 4.06. The number of hydrogen-bond donors (Lipinski definition) is 1. The Bertz CT molecular complexity index is 1110. The van der Waals surface area contributed by atoms with Crippen LogP contribution in [0.2, 0.25) is 10.0 Å². The van der Waals surface area contributed by atoms with E-state index in [1.54, 1.807) is 16.8 Å². The minimum atomic E-state index is -1.04. The number of rotatable bonds is 5. The Morgan fingerprint density at radius 1 is 1.13 bits per heavy atom. The van der Waals surface area contributed by atoms with Gasteiger partial charge in [-0.1, -0.05) is 41.4 Å². The number of fused-ring (bicyclic) bond motifs is 1. The van der Waals surface area contributed by atoms with Crippen LogP contribution in [-0.2, 0) is 22.4 Å². The van der Waals surface area contributed by atoms with Crippen LogP contribution in [0.4, 0.5) is 5.69 Å². The molecule has 0 saturated heterocycles. The lowest BCUT2D eigenvalue weighted by Crippen LogP contribution is -2.30. The first-order valence-electron chi connectivity index (χ1n) is 9.57. The summed E-state index contributed by atoms with van der Waals surface area (Å²) in [7, 11) is 0. The minimum absolute atomic E-state index is 0.256. The van der Waals surface area contributed by atoms with Crippen LogP contribution < -0.4 is 5.32 Å². The highest BCUT2D eigenvalue weighted by molar-refractivity contribution is 6.35. The second kappa shape index (κ2) is 8.50. The first-order valence-corrected chi connectivity index (χ1v) is 10.3. The van der Waals surface area contributed by atoms with Crippen LogP contribution in [0.3, 0.4) is 0 Å². The quantitative estimate of drug-likeness (QED) is 0.571. The molecular weight excluding hydrogens is 425 g/mol. The summed E-state index contributed by atoms with van der Waals surface area (Å²) in [6, 6.07) is 14.4. The van der Waals surface area contributed by atoms with Crippen molar-refractivity contribution in [3.8, 4) is 5.69 Å². The van der Waals surface area contributed by atoms with Crippen molar-refractivity contribution in [1.82, 2.24) is 9.78 Å². The predicted octanol–water partition coefficient (Wildman–Crippen LogP) is 4.85. The van der Waals surface area contributed by atoms with E-state index in [0.717, 1.165) is 36.2 Å². The van der Waals surface area contributed by atoms with Crippen molar-refractivity contribution in [3.05, 3.63) is 75.5 Å². The molecule has 1 aromatic heterocycles. The van der Waals surface area contributed by atoms with Gasteiger partial charge in [-0.3, -0.25) is 4.79 Å². The number of aromatic nitrogens is 2. The van der Waals surface area contributed by atoms with E-state index in [2.05, 4.69) is 10.4 Å². The molecule has 0 bridgehead atoms. The molecule has 1 atom stereocenters. The molecule has 1 aliphatic carbocycles. The third-order valence-corrected chi connectivity index (χ3v) is 5.53. The number of carbonyl (C=O) groups excluding carboxylic acids is 2. The van der Waals surface area contributed by atoms with Gasteiger partial charge in [0.2, 0.25) is 0 Å². The zero-order chi connectivity index (χ0) is 21.3. The van der Waals surface area contributed by atoms with Crippen molar-refractivity contribution in [2.75, 3.05) is 5.32 Å². The van der Waals surface area contributed by atoms with Gasteiger partial charge in [-0.05, 0) is 56.5 Å². The van der Waals surface area contributed by atoms with Gasteiger partial charge in [-0.15, -0.1) is 0 Å². The van der Waals surface area contributed by atoms with Gasteiger partial charge < -0.3 is 10.1 Å². The van der Waals surface area contributed by atoms with Crippen molar-refractivity contribution in [2.45, 2.75) is 32.3 Å². The topological polar surface area (TPSA) is 73.2 Å². The first-order chi connectivity index (χ1) is 14.4. The van der Waals surface area contributed by atoms with Crippen LogP contribution in [0.1, 0.15) is 35.1 Å². The summed E-state index contributed by atoms with van der Waals surface area (Å²) in [6.07, 6.45) is 1.51. The molecule has 30 heavy (non-hydrogen) atoms. The fourth-order valence-electron chi connectivity index (χ4n) is 3.48. The molecule has 1 unspecified atom stereocenters. The molecule has 0 radical (unpaired) electrons. The smallest absolute Gasteiger partial charge is 0.359 e. The van der Waals surface area contributed by atoms with Crippen molar-refractivity contribution in [1.29, 1.82) is 0 Å². The Labute approximate surface area is 183 Å². The van der Waals surface area contributed by atoms with E-state index in [-0.39, 0.29) is 5.69 Å². The van der Waals surface area contributed by atoms with E-state index in [1.807, 2.05) is 30.3 Å². The predicted molar refractivity (Wildman–Crippen MR) is 116 cm³/mol. The van der Waals surface area contributed by atoms with Crippen molar-refractivity contribution >= 4 is 40.8 Å². The summed E-state index contributed by atoms with van der Waals surface area (Å²) >= 11 is 12.0. The Balaban J connectivity index is 1.51. The van der Waals surface area contributed by atoms with Crippen LogP contribution in [0.15, 0.2) is 48.5 Å². The SMILES string of the molecule is CC(OC(=O)c1nn(-c2ccccc2)c2c1CCC2)C(=O)Nc1cc(Cl)ccc1Cl. The number of benzene rings is 2. The lowest BCUT2D eigenvalue weighted by molar-refractivity contribution is -0.123. The number of esters is 1. The van der Waals surface area contributed by atoms with Crippen LogP contribution in [0, 0.1) is 0 Å². The van der Waals surface area contributed by atoms with Gasteiger partial charge in [0.15, 0.2) is 11.8 Å². The highest BCUT2D eigenvalue weighted by Crippen LogP contribution is 2.29. The molecular formula is C22H19Cl2N3O3. The zero-order valence-corrected chi connectivity index (χ0v) is 17.7. The van der Waals surface area contributed by atoms with E-state index in [4.69, 9.17) is 27.9 Å². The zero-order valence-electron chi connectivity index (χ0n) is 16.2. The largest absolute Gasteiger partial charge is 0.448 e. The maximum absolute atomic E-state index is 12.8. The Hall–Kier alpha value is -2.83. The molecule has 154 valence electrons. The van der Waals surface area contributed by atoms with Gasteiger partial charge >= 0.3 is 5.97 Å². The van der Waals surface area contributed by atoms with Gasteiger partial charge in [0.1, 0.15) is 0 Å². The van der Waals surface area contributed by atoms with Gasteiger partial charge in [0, 0.05) is 16.3 Å². The Morgan fingerprint density at radius 2 is 1.90 bits per heavy atom. The summed E-state index contributed by atoms with van der Waals surface area (Å²) < 4.78 is 7.20. The number of halogens is 2. The van der Waals surface area contributed by atoms with Crippen LogP contribution in [0.25, 0.3) is 5.69 Å². The second-order valence-electron chi connectivity index (χ2n) is 7.04. The maximum atomic E-state index is 12.8. The van der Waals surface area contributed by atoms with Crippen LogP contribution >= 0.6 is 23.2 Å². The molecule has 4 rings (SSSR count). The van der Waals surface area contributed by atoms with Crippen LogP contribution in [-0.4, -0.2) is 27.8 Å². The summed E-state index contributed by atoms with van der Waals surface area (Å²) in [5.74, 6) is -1.13. The number of ether oxygens (including phenoxy) is 1. The highest BCUT2D eigenvalue weighted by atomic mass is 35.5. The Morgan fingerprint density at radius 3 is 2.67 bits per heavy atom. The average molecular weight is 444 g/mol. The van der Waals surface area contributed by atoms with Gasteiger partial charge in [0.05, 0.1) is 16.4 Å². The van der Waals surface area contributed by atoms with Crippen LogP contribution in [0.5, 0.6) is 0 Å². The van der Waals surface area contributed by atoms with Gasteiger partial charge in [-0.25, -0.2) is 9.48 Å². The number of nitrogens with one attached hydrogen (secondary N) is 1. The Kier molecular flexibility index (Phi) is 5.79. The van der Waals surface area contributed by atoms with E-state index >= 15 is 0 Å². The molecule has 3 aromatic rings. The summed E-state index contributed by atoms with van der Waals surface area (Å²) in [6.45, 7) is 1.50. The number of hydrogen-bond acceptors (Lipinski definition) is 4. The first kappa shape index (κ1) is 20.4. The standard InChI is InChI=1S/C22H19Cl2N3O3/c1-13(21(28)25-18-12-14(23)10-11-17(18)24)30-22(29)20-16-8-5-9-19(16)27(26-20)15-6-3-2-4-7-15/h2-4,6-7,10-13H,5,8-9H2,1H3,(H,25,28). The van der Waals surface area contributed by atoms with E-state index in [9.17, 15) is 9.59 Å². The van der Waals surface area contributed by atoms with E-state index in [1.165, 1.54) is 13.0 Å². The summed E-state index contributed by atoms with van der Waals surface area (Å²) in [5.41, 5.74) is 3.39. The fraction of sp³-hybridized carbons (Fsp3) is 0.227. The molecule has 8 heteroatoms. The molecule has 0 fully saturated rings. The maximum Gasteiger partial charge on any atom is 0.359 e. The summed E-state index contributed by atoms with van der Waals surface area (Å²) in [4.78, 5) is 25.3. The van der Waals surface area contributed by atoms with Crippen molar-refractivity contribution < 1.29 is 14.3 Å². The monoisotopic (exact) mass is 443 g/mol. The van der Waals surface area contributed by atoms with Gasteiger partial charge in [-0.2, -0.15) is 5.10 Å². The molecule has 6 nitrogen and oxygen atoms in total. The molecule has 1 N–H and O–H groups in total. The second-order valence-corrected chi connectivity index (χ2v) is 7.88. The van der Waals surface area contributed by atoms with E-state index < -0.39 is 18.0 Å². The van der Waals surface area contributed by atoms with Crippen molar-refractivity contribution in [2.24, 2.45) is 0 Å². The molecule has 2 aromatic carbocycles. The molecule has 0 spiro atoms. The lowest BCUT2D eigenvalue weighted by Gasteiger charge is -2.14. The normalized spacial score (nSPS) is 13.6. The summed E-state index contributed by atoms with van der Waals surface area (Å²) in [5, 5.41) is 7.90. The molecule has 1 amide bonds. The molecule has 0 saturated carbocycles. The minimum Gasteiger partial charge on any atom is -0.448 e. The number of amides is 1. The highest BCUT2D eigenvalue weighted by Gasteiger charge is 2.30. The fourth-order valence-corrected chi connectivity index (χ4v) is 3.82. The molecule has 1 aliphatic rings. The average Bonchev–Trinajstić information content (AvgIpc) is 3.34. The van der Waals surface area contributed by atoms with E-state index in [0.29, 0.717) is 15.7 Å². The number of carbonyl (C=O) groups is 2.